The minimum Gasteiger partial charge on any atom is -0.456 e. The molecule has 5 nitrogen and oxygen atoms in total. The van der Waals surface area contributed by atoms with Gasteiger partial charge in [0.25, 0.3) is 0 Å². The molecule has 6 heteroatoms. The third kappa shape index (κ3) is 4.91. The lowest BCUT2D eigenvalue weighted by molar-refractivity contribution is 0.669. The Morgan fingerprint density at radius 2 is 1.05 bits per heavy atom. The molecule has 0 aliphatic carbocycles. The lowest BCUT2D eigenvalue weighted by Crippen LogP contribution is -2.05. The van der Waals surface area contributed by atoms with Crippen molar-refractivity contribution in [3.8, 4) is 51.0 Å². The largest absolute Gasteiger partial charge is 0.456 e. The lowest BCUT2D eigenvalue weighted by atomic mass is 9.97. The Kier molecular flexibility index (Phi) is 5.82. The summed E-state index contributed by atoms with van der Waals surface area (Å²) in [6.07, 6.45) is 0. The van der Waals surface area contributed by atoms with Crippen LogP contribution in [0.15, 0.2) is 186 Å². The number of nitrogens with zero attached hydrogens (tertiary/aromatic N) is 4. The summed E-state index contributed by atoms with van der Waals surface area (Å²) in [5.74, 6) is 1.14. The fourth-order valence-electron chi connectivity index (χ4n) is 8.17. The minimum atomic E-state index is -0.192. The molecule has 0 unspecified atom stereocenters. The van der Waals surface area contributed by atoms with Crippen molar-refractivity contribution in [1.82, 2.24) is 19.5 Å². The van der Waals surface area contributed by atoms with Gasteiger partial charge in [0.15, 0.2) is 17.5 Å². The van der Waals surface area contributed by atoms with Gasteiger partial charge in [-0.2, -0.15) is 0 Å². The van der Waals surface area contributed by atoms with Gasteiger partial charge in [-0.15, -0.1) is 11.3 Å². The zero-order valence-electron chi connectivity index (χ0n) is 36.0. The summed E-state index contributed by atoms with van der Waals surface area (Å²) in [7, 11) is 0. The zero-order chi connectivity index (χ0) is 42.7. The van der Waals surface area contributed by atoms with E-state index in [2.05, 4.69) is 24.3 Å². The predicted octanol–water partition coefficient (Wildman–Crippen LogP) is 13.9. The van der Waals surface area contributed by atoms with E-state index in [1.807, 2.05) is 109 Å². The standard InChI is InChI=1S/C51H30N4OS/c1-2-15-31(16-3-1)49-52-50(39-24-14-29-44-46(39)38-20-6-10-28-43(38)56-44)54-51(53-49)40-25-12-21-35(37-23-13-22-36-34-19-7-11-30-45(34)57-48(36)37)47(40)55-41-26-8-4-17-32(41)33-18-5-9-27-42(33)55/h1-30H/i4D,5D,17D,18D,26D,27D. The molecule has 12 aromatic rings. The number of hydrogen-bond acceptors (Lipinski definition) is 5. The third-order valence-corrected chi connectivity index (χ3v) is 11.9. The first-order valence-electron chi connectivity index (χ1n) is 21.5. The molecule has 0 bridgehead atoms. The molecule has 0 saturated carbocycles. The van der Waals surface area contributed by atoms with Gasteiger partial charge in [-0.05, 0) is 36.4 Å². The van der Waals surface area contributed by atoms with Crippen molar-refractivity contribution >= 4 is 75.3 Å². The van der Waals surface area contributed by atoms with Crippen LogP contribution in [-0.2, 0) is 0 Å². The van der Waals surface area contributed by atoms with Crippen LogP contribution in [0.5, 0.6) is 0 Å². The average Bonchev–Trinajstić information content (AvgIpc) is 4.01. The van der Waals surface area contributed by atoms with Gasteiger partial charge >= 0.3 is 0 Å². The van der Waals surface area contributed by atoms with Crippen LogP contribution < -0.4 is 0 Å². The van der Waals surface area contributed by atoms with Crippen molar-refractivity contribution in [3.05, 3.63) is 182 Å². The van der Waals surface area contributed by atoms with Crippen LogP contribution in [0, 0.1) is 0 Å². The van der Waals surface area contributed by atoms with Crippen molar-refractivity contribution in [1.29, 1.82) is 0 Å². The first-order valence-corrected chi connectivity index (χ1v) is 19.3. The molecule has 0 spiro atoms. The Labute approximate surface area is 339 Å². The molecule has 0 radical (unpaired) electrons. The molecule has 0 saturated heterocycles. The van der Waals surface area contributed by atoms with Gasteiger partial charge in [0, 0.05) is 69.5 Å². The predicted molar refractivity (Wildman–Crippen MR) is 236 cm³/mol. The number of para-hydroxylation sites is 4. The summed E-state index contributed by atoms with van der Waals surface area (Å²) in [5.41, 5.74) is 6.08. The van der Waals surface area contributed by atoms with E-state index in [9.17, 15) is 5.48 Å². The summed E-state index contributed by atoms with van der Waals surface area (Å²) in [4.78, 5) is 15.6. The van der Waals surface area contributed by atoms with Crippen molar-refractivity contribution < 1.29 is 12.6 Å². The van der Waals surface area contributed by atoms with Crippen LogP contribution in [0.3, 0.4) is 0 Å². The molecule has 0 atom stereocenters. The zero-order valence-corrected chi connectivity index (χ0v) is 30.8. The van der Waals surface area contributed by atoms with E-state index in [1.165, 1.54) is 12.1 Å². The van der Waals surface area contributed by atoms with Crippen molar-refractivity contribution in [3.63, 3.8) is 0 Å². The summed E-state index contributed by atoms with van der Waals surface area (Å²) in [6.45, 7) is 0. The maximum absolute atomic E-state index is 9.45. The Hall–Kier alpha value is -7.41. The van der Waals surface area contributed by atoms with Crippen molar-refractivity contribution in [2.45, 2.75) is 0 Å². The highest BCUT2D eigenvalue weighted by atomic mass is 32.1. The lowest BCUT2D eigenvalue weighted by Gasteiger charge is -2.19. The van der Waals surface area contributed by atoms with Gasteiger partial charge in [-0.25, -0.2) is 15.0 Å². The topological polar surface area (TPSA) is 56.7 Å². The van der Waals surface area contributed by atoms with E-state index < -0.39 is 0 Å². The molecule has 12 rings (SSSR count). The fraction of sp³-hybridized carbons (Fsp3) is 0. The highest BCUT2D eigenvalue weighted by Crippen LogP contribution is 2.46. The normalized spacial score (nSPS) is 13.3. The first-order chi connectivity index (χ1) is 30.7. The Morgan fingerprint density at radius 1 is 0.456 bits per heavy atom. The smallest absolute Gasteiger partial charge is 0.166 e. The molecule has 0 aliphatic heterocycles. The van der Waals surface area contributed by atoms with E-state index in [1.54, 1.807) is 15.9 Å². The number of fused-ring (bicyclic) bond motifs is 9. The van der Waals surface area contributed by atoms with Crippen LogP contribution in [0.1, 0.15) is 8.22 Å². The number of rotatable bonds is 5. The van der Waals surface area contributed by atoms with Crippen LogP contribution >= 0.6 is 11.3 Å². The van der Waals surface area contributed by atoms with E-state index in [0.29, 0.717) is 34.3 Å². The average molecular weight is 753 g/mol. The number of furan rings is 1. The second-order valence-electron chi connectivity index (χ2n) is 13.8. The minimum absolute atomic E-state index is 0.0619. The number of aromatic nitrogens is 4. The fourth-order valence-corrected chi connectivity index (χ4v) is 9.40. The first kappa shape index (κ1) is 26.4. The monoisotopic (exact) mass is 752 g/mol. The van der Waals surface area contributed by atoms with Crippen LogP contribution in [0.4, 0.5) is 0 Å². The third-order valence-electron chi connectivity index (χ3n) is 10.6. The molecule has 4 heterocycles. The molecular formula is C51H30N4OS. The molecule has 0 N–H and O–H groups in total. The molecular weight excluding hydrogens is 717 g/mol. The SMILES string of the molecule is [2H]c1cc([2H])c2c(c1[2H])c1c([2H])c([2H])cc([2H])c1n2-c1c(-c2nc(-c3ccccc3)nc(-c3cccc4oc5ccccc5c34)n2)cccc1-c1cccc2c1sc1ccccc12. The Balaban J connectivity index is 1.26. The van der Waals surface area contributed by atoms with Crippen LogP contribution in [0.2, 0.25) is 0 Å². The van der Waals surface area contributed by atoms with E-state index in [0.717, 1.165) is 58.8 Å². The van der Waals surface area contributed by atoms with E-state index in [4.69, 9.17) is 22.1 Å². The van der Waals surface area contributed by atoms with Gasteiger partial charge in [0.2, 0.25) is 0 Å². The van der Waals surface area contributed by atoms with Crippen LogP contribution in [-0.4, -0.2) is 19.5 Å². The number of thiophene rings is 1. The van der Waals surface area contributed by atoms with Gasteiger partial charge < -0.3 is 8.98 Å². The molecule has 8 aromatic carbocycles. The maximum atomic E-state index is 9.45. The van der Waals surface area contributed by atoms with E-state index in [-0.39, 0.29) is 58.1 Å². The van der Waals surface area contributed by atoms with Crippen molar-refractivity contribution in [2.24, 2.45) is 0 Å². The molecule has 4 aromatic heterocycles. The van der Waals surface area contributed by atoms with Crippen LogP contribution in [0.25, 0.3) is 115 Å². The van der Waals surface area contributed by atoms with Crippen molar-refractivity contribution in [2.75, 3.05) is 0 Å². The number of hydrogen-bond donors (Lipinski definition) is 0. The summed E-state index contributed by atoms with van der Waals surface area (Å²) in [5, 5.41) is 4.30. The van der Waals surface area contributed by atoms with Gasteiger partial charge in [0.1, 0.15) is 11.2 Å². The Bertz CT molecular complexity index is 3830. The maximum Gasteiger partial charge on any atom is 0.166 e. The van der Waals surface area contributed by atoms with E-state index >= 15 is 0 Å². The second-order valence-corrected chi connectivity index (χ2v) is 14.9. The molecule has 0 aliphatic rings. The van der Waals surface area contributed by atoms with Gasteiger partial charge in [-0.1, -0.05) is 145 Å². The number of benzene rings is 8. The summed E-state index contributed by atoms with van der Waals surface area (Å²) >= 11 is 1.67. The van der Waals surface area contributed by atoms with Gasteiger partial charge in [-0.3, -0.25) is 0 Å². The van der Waals surface area contributed by atoms with Gasteiger partial charge in [0.05, 0.1) is 24.9 Å². The highest BCUT2D eigenvalue weighted by Gasteiger charge is 2.24. The summed E-state index contributed by atoms with van der Waals surface area (Å²) < 4.78 is 65.0. The molecule has 266 valence electrons. The molecule has 0 amide bonds. The Morgan fingerprint density at radius 3 is 1.88 bits per heavy atom. The molecule has 57 heavy (non-hydrogen) atoms. The molecule has 0 fully saturated rings. The quantitative estimate of drug-likeness (QED) is 0.176. The highest BCUT2D eigenvalue weighted by molar-refractivity contribution is 7.26. The second kappa shape index (κ2) is 12.6. The summed E-state index contributed by atoms with van der Waals surface area (Å²) in [6, 6.07) is 45.5.